The summed E-state index contributed by atoms with van der Waals surface area (Å²) >= 11 is 3.86. The second-order valence-electron chi connectivity index (χ2n) is 14.5. The Morgan fingerprint density at radius 3 is 1.34 bits per heavy atom. The zero-order valence-corrected chi connectivity index (χ0v) is 31.4. The zero-order chi connectivity index (χ0) is 35.4. The second kappa shape index (κ2) is 11.6. The van der Waals surface area contributed by atoms with Crippen molar-refractivity contribution in [1.29, 1.82) is 0 Å². The number of benzene rings is 9. The molecule has 2 aromatic heterocycles. The Morgan fingerprint density at radius 1 is 0.283 bits per heavy atom. The maximum absolute atomic E-state index is 2.42. The Morgan fingerprint density at radius 2 is 0.717 bits per heavy atom. The summed E-state index contributed by atoms with van der Waals surface area (Å²) in [6, 6.07) is 57.1. The van der Waals surface area contributed by atoms with Gasteiger partial charge in [-0.25, -0.2) is 0 Å². The lowest BCUT2D eigenvalue weighted by Crippen LogP contribution is -1.93. The van der Waals surface area contributed by atoms with Crippen molar-refractivity contribution in [3.63, 3.8) is 0 Å². The van der Waals surface area contributed by atoms with Crippen LogP contribution in [-0.2, 0) is 0 Å². The number of fused-ring (bicyclic) bond motifs is 9. The monoisotopic (exact) mass is 710 g/mol. The summed E-state index contributed by atoms with van der Waals surface area (Å²) in [4.78, 5) is 0. The van der Waals surface area contributed by atoms with Crippen LogP contribution in [0.5, 0.6) is 0 Å². The molecule has 2 heteroatoms. The summed E-state index contributed by atoms with van der Waals surface area (Å²) in [5.74, 6) is 0. The average molecular weight is 711 g/mol. The van der Waals surface area contributed by atoms with E-state index < -0.39 is 0 Å². The maximum atomic E-state index is 2.42. The summed E-state index contributed by atoms with van der Waals surface area (Å²) < 4.78 is 5.48. The lowest BCUT2D eigenvalue weighted by atomic mass is 9.83. The number of hydrogen-bond donors (Lipinski definition) is 0. The minimum Gasteiger partial charge on any atom is -0.134 e. The zero-order valence-electron chi connectivity index (χ0n) is 29.8. The predicted molar refractivity (Wildman–Crippen MR) is 235 cm³/mol. The molecule has 0 fully saturated rings. The minimum atomic E-state index is 1.27. The molecule has 11 rings (SSSR count). The van der Waals surface area contributed by atoms with E-state index in [4.69, 9.17) is 0 Å². The molecule has 53 heavy (non-hydrogen) atoms. The van der Waals surface area contributed by atoms with Crippen LogP contribution < -0.4 is 0 Å². The van der Waals surface area contributed by atoms with E-state index in [9.17, 15) is 0 Å². The van der Waals surface area contributed by atoms with Crippen molar-refractivity contribution in [2.45, 2.75) is 20.8 Å². The van der Waals surface area contributed by atoms with Gasteiger partial charge >= 0.3 is 0 Å². The summed E-state index contributed by atoms with van der Waals surface area (Å²) in [6.45, 7) is 6.69. The van der Waals surface area contributed by atoms with Gasteiger partial charge < -0.3 is 0 Å². The first kappa shape index (κ1) is 30.8. The first-order valence-corrected chi connectivity index (χ1v) is 20.0. The molecule has 0 radical (unpaired) electrons. The molecule has 0 bridgehead atoms. The highest BCUT2D eigenvalue weighted by atomic mass is 32.1. The highest BCUT2D eigenvalue weighted by molar-refractivity contribution is 7.27. The van der Waals surface area contributed by atoms with E-state index in [0.29, 0.717) is 0 Å². The van der Waals surface area contributed by atoms with Crippen molar-refractivity contribution >= 4 is 95.3 Å². The van der Waals surface area contributed by atoms with E-state index in [2.05, 4.69) is 172 Å². The van der Waals surface area contributed by atoms with Crippen molar-refractivity contribution in [3.05, 3.63) is 168 Å². The van der Waals surface area contributed by atoms with E-state index >= 15 is 0 Å². The third-order valence-electron chi connectivity index (χ3n) is 11.4. The van der Waals surface area contributed by atoms with Crippen molar-refractivity contribution in [2.75, 3.05) is 0 Å². The number of thiophene rings is 2. The lowest BCUT2D eigenvalue weighted by Gasteiger charge is -2.20. The topological polar surface area (TPSA) is 0 Å². The molecule has 0 unspecified atom stereocenters. The molecule has 250 valence electrons. The predicted octanol–water partition coefficient (Wildman–Crippen LogP) is 15.8. The van der Waals surface area contributed by atoms with E-state index in [1.54, 1.807) is 0 Å². The summed E-state index contributed by atoms with van der Waals surface area (Å²) in [5.41, 5.74) is 11.7. The van der Waals surface area contributed by atoms with Gasteiger partial charge in [-0.2, -0.15) is 0 Å². The molecule has 0 saturated heterocycles. The van der Waals surface area contributed by atoms with Gasteiger partial charge in [0.25, 0.3) is 0 Å². The fraction of sp³-hybridized carbons (Fsp3) is 0.0588. The van der Waals surface area contributed by atoms with Crippen LogP contribution in [-0.4, -0.2) is 0 Å². The highest BCUT2D eigenvalue weighted by Gasteiger charge is 2.22. The van der Waals surface area contributed by atoms with Crippen molar-refractivity contribution in [2.24, 2.45) is 0 Å². The first-order chi connectivity index (χ1) is 26.0. The second-order valence-corrected chi connectivity index (χ2v) is 16.6. The van der Waals surface area contributed by atoms with Gasteiger partial charge in [0.05, 0.1) is 0 Å². The van der Waals surface area contributed by atoms with Gasteiger partial charge in [-0.3, -0.25) is 0 Å². The third-order valence-corrected chi connectivity index (χ3v) is 14.2. The third kappa shape index (κ3) is 4.46. The van der Waals surface area contributed by atoms with Crippen LogP contribution in [0.4, 0.5) is 0 Å². The van der Waals surface area contributed by atoms with Gasteiger partial charge in [-0.1, -0.05) is 157 Å². The van der Waals surface area contributed by atoms with Crippen LogP contribution in [0.3, 0.4) is 0 Å². The normalized spacial score (nSPS) is 12.1. The molecule has 0 aliphatic carbocycles. The van der Waals surface area contributed by atoms with Gasteiger partial charge in [0.1, 0.15) is 0 Å². The van der Waals surface area contributed by atoms with Gasteiger partial charge in [-0.05, 0) is 86.5 Å². The highest BCUT2D eigenvalue weighted by Crippen LogP contribution is 2.50. The Hall–Kier alpha value is -5.80. The summed E-state index contributed by atoms with van der Waals surface area (Å²) in [5, 5.41) is 13.1. The Balaban J connectivity index is 1.22. The molecule has 0 nitrogen and oxygen atoms in total. The average Bonchev–Trinajstić information content (AvgIpc) is 3.78. The molecular formula is C51H34S2. The Kier molecular flexibility index (Phi) is 6.74. The minimum absolute atomic E-state index is 1.27. The van der Waals surface area contributed by atoms with E-state index in [0.717, 1.165) is 0 Å². The number of rotatable bonds is 3. The molecule has 0 amide bonds. The van der Waals surface area contributed by atoms with Gasteiger partial charge in [-0.15, -0.1) is 22.7 Å². The van der Waals surface area contributed by atoms with Crippen molar-refractivity contribution in [1.82, 2.24) is 0 Å². The Labute approximate surface area is 316 Å². The van der Waals surface area contributed by atoms with Crippen LogP contribution in [0.25, 0.3) is 106 Å². The molecule has 0 atom stereocenters. The fourth-order valence-corrected chi connectivity index (χ4v) is 11.5. The van der Waals surface area contributed by atoms with E-state index in [1.165, 1.54) is 123 Å². The van der Waals surface area contributed by atoms with Crippen LogP contribution >= 0.6 is 22.7 Å². The molecule has 0 N–H and O–H groups in total. The molecular weight excluding hydrogens is 677 g/mol. The molecule has 0 aliphatic rings. The largest absolute Gasteiger partial charge is 0.134 e. The molecule has 0 saturated carbocycles. The summed E-state index contributed by atoms with van der Waals surface area (Å²) in [7, 11) is 0. The molecule has 2 heterocycles. The molecule has 11 aromatic rings. The quantitative estimate of drug-likeness (QED) is 0.160. The fourth-order valence-electron chi connectivity index (χ4n) is 8.96. The molecule has 0 spiro atoms. The number of aryl methyl sites for hydroxylation is 3. The van der Waals surface area contributed by atoms with Crippen LogP contribution in [0.2, 0.25) is 0 Å². The molecule has 0 aliphatic heterocycles. The first-order valence-electron chi connectivity index (χ1n) is 18.3. The smallest absolute Gasteiger partial charge is 0.0434 e. The van der Waals surface area contributed by atoms with E-state index in [-0.39, 0.29) is 0 Å². The summed E-state index contributed by atoms with van der Waals surface area (Å²) in [6.07, 6.45) is 0. The van der Waals surface area contributed by atoms with Gasteiger partial charge in [0.2, 0.25) is 0 Å². The molecule has 9 aromatic carbocycles. The van der Waals surface area contributed by atoms with Crippen molar-refractivity contribution in [3.8, 4) is 33.4 Å². The SMILES string of the molecule is Cc1ccc2c(-c3ccc(-c4cccc5c4sc4c(C)cccc45)c4ccccc34)c3ccccc3c(-c3cccc4c3sc3c(C)cccc34)c2c1. The van der Waals surface area contributed by atoms with E-state index in [1.807, 2.05) is 22.7 Å². The van der Waals surface area contributed by atoms with Crippen molar-refractivity contribution < 1.29 is 0 Å². The van der Waals surface area contributed by atoms with Gasteiger partial charge in [0, 0.05) is 51.5 Å². The van der Waals surface area contributed by atoms with Crippen LogP contribution in [0.15, 0.2) is 152 Å². The van der Waals surface area contributed by atoms with Crippen LogP contribution in [0.1, 0.15) is 16.7 Å². The number of hydrogen-bond acceptors (Lipinski definition) is 2. The standard InChI is InChI=1S/C51H34S2/c1-29-24-25-38-45(28-29)47(44-23-11-22-43-41-19-9-13-31(3)49(41)53-51(43)44)36-17-7-6-16-35(36)46(38)37-27-26-34(32-14-4-5-15-33(32)37)39-20-10-21-42-40-18-8-12-30(2)48(40)52-50(39)42/h4-28H,1-3H3. The Bertz CT molecular complexity index is 3320. The van der Waals surface area contributed by atoms with Gasteiger partial charge in [0.15, 0.2) is 0 Å². The maximum Gasteiger partial charge on any atom is 0.0434 e. The van der Waals surface area contributed by atoms with Crippen LogP contribution in [0, 0.1) is 20.8 Å². The lowest BCUT2D eigenvalue weighted by molar-refractivity contribution is 1.51.